The van der Waals surface area contributed by atoms with Crippen molar-refractivity contribution in [2.45, 2.75) is 122 Å². The minimum Gasteiger partial charge on any atom is -0.348 e. The van der Waals surface area contributed by atoms with E-state index in [-0.39, 0.29) is 17.4 Å². The van der Waals surface area contributed by atoms with Crippen molar-refractivity contribution in [1.29, 1.82) is 0 Å². The zero-order chi connectivity index (χ0) is 27.9. The first-order valence-corrected chi connectivity index (χ1v) is 15.8. The standard InChI is InChI=1S/C35H55NO3/c1-7-9-11-12-13-27-14-16-29(17-15-27)32-25-37-33(38-26-32)30-20-18-28(19-21-30)31-23-34(3,4)36(35(5,6)24-31)39-22-10-8-2/h7,12-13,18-21,27,29,31-33H,1,8-11,14-17,22-26H2,2-6H3/b13-12+. The van der Waals surface area contributed by atoms with Crippen LogP contribution in [0, 0.1) is 17.8 Å². The molecule has 0 amide bonds. The van der Waals surface area contributed by atoms with Crippen LogP contribution in [0.25, 0.3) is 0 Å². The molecule has 0 atom stereocenters. The first-order valence-electron chi connectivity index (χ1n) is 15.8. The third-order valence-corrected chi connectivity index (χ3v) is 9.34. The van der Waals surface area contributed by atoms with Crippen LogP contribution in [0.2, 0.25) is 0 Å². The second kappa shape index (κ2) is 13.9. The van der Waals surface area contributed by atoms with Gasteiger partial charge in [0.05, 0.1) is 19.8 Å². The molecular formula is C35H55NO3. The summed E-state index contributed by atoms with van der Waals surface area (Å²) in [5.41, 5.74) is 2.54. The van der Waals surface area contributed by atoms with Gasteiger partial charge in [-0.25, -0.2) is 0 Å². The van der Waals surface area contributed by atoms with Crippen LogP contribution >= 0.6 is 0 Å². The number of hydrogen-bond acceptors (Lipinski definition) is 4. The van der Waals surface area contributed by atoms with E-state index in [2.05, 4.69) is 82.7 Å². The maximum atomic E-state index is 6.31. The Bertz CT molecular complexity index is 886. The van der Waals surface area contributed by atoms with Crippen molar-refractivity contribution >= 4 is 0 Å². The summed E-state index contributed by atoms with van der Waals surface area (Å²) in [6.45, 7) is 17.8. The fraction of sp³-hybridized carbons (Fsp3) is 0.714. The van der Waals surface area contributed by atoms with Crippen molar-refractivity contribution in [3.05, 3.63) is 60.2 Å². The highest BCUT2D eigenvalue weighted by Gasteiger charge is 2.46. The lowest BCUT2D eigenvalue weighted by Gasteiger charge is -2.54. The molecule has 4 rings (SSSR count). The summed E-state index contributed by atoms with van der Waals surface area (Å²) in [5, 5.41) is 2.29. The average Bonchev–Trinajstić information content (AvgIpc) is 2.93. The number of hydrogen-bond donors (Lipinski definition) is 0. The minimum absolute atomic E-state index is 0.00956. The van der Waals surface area contributed by atoms with Crippen molar-refractivity contribution in [2.75, 3.05) is 19.8 Å². The molecule has 39 heavy (non-hydrogen) atoms. The van der Waals surface area contributed by atoms with Gasteiger partial charge in [0.1, 0.15) is 0 Å². The Hall–Kier alpha value is -1.46. The zero-order valence-corrected chi connectivity index (χ0v) is 25.5. The van der Waals surface area contributed by atoms with Crippen LogP contribution in [0.15, 0.2) is 49.1 Å². The van der Waals surface area contributed by atoms with Crippen molar-refractivity contribution in [3.8, 4) is 0 Å². The molecule has 0 spiro atoms. The minimum atomic E-state index is -0.235. The highest BCUT2D eigenvalue weighted by Crippen LogP contribution is 2.46. The van der Waals surface area contributed by atoms with Crippen LogP contribution < -0.4 is 0 Å². The Labute approximate surface area is 239 Å². The van der Waals surface area contributed by atoms with Gasteiger partial charge in [-0.15, -0.1) is 6.58 Å². The van der Waals surface area contributed by atoms with Gasteiger partial charge in [0, 0.05) is 22.6 Å². The molecule has 4 nitrogen and oxygen atoms in total. The van der Waals surface area contributed by atoms with Crippen LogP contribution in [-0.2, 0) is 14.3 Å². The first kappa shape index (κ1) is 30.5. The highest BCUT2D eigenvalue weighted by atomic mass is 16.7. The van der Waals surface area contributed by atoms with Gasteiger partial charge in [0.2, 0.25) is 0 Å². The third-order valence-electron chi connectivity index (χ3n) is 9.34. The smallest absolute Gasteiger partial charge is 0.183 e. The molecule has 2 heterocycles. The highest BCUT2D eigenvalue weighted by molar-refractivity contribution is 5.28. The maximum Gasteiger partial charge on any atom is 0.183 e. The largest absolute Gasteiger partial charge is 0.348 e. The summed E-state index contributed by atoms with van der Waals surface area (Å²) >= 11 is 0. The van der Waals surface area contributed by atoms with E-state index in [1.807, 2.05) is 6.08 Å². The second-order valence-electron chi connectivity index (χ2n) is 13.6. The topological polar surface area (TPSA) is 30.9 Å². The van der Waals surface area contributed by atoms with Gasteiger partial charge in [0.15, 0.2) is 6.29 Å². The lowest BCUT2D eigenvalue weighted by atomic mass is 9.72. The predicted molar refractivity (Wildman–Crippen MR) is 161 cm³/mol. The predicted octanol–water partition coefficient (Wildman–Crippen LogP) is 9.15. The molecule has 1 aliphatic carbocycles. The zero-order valence-electron chi connectivity index (χ0n) is 25.5. The number of hydroxylamine groups is 2. The monoisotopic (exact) mass is 537 g/mol. The molecule has 218 valence electrons. The number of rotatable bonds is 11. The maximum absolute atomic E-state index is 6.31. The fourth-order valence-corrected chi connectivity index (χ4v) is 7.37. The van der Waals surface area contributed by atoms with Gasteiger partial charge >= 0.3 is 0 Å². The lowest BCUT2D eigenvalue weighted by Crippen LogP contribution is -2.59. The van der Waals surface area contributed by atoms with Crippen LogP contribution in [0.3, 0.4) is 0 Å². The van der Waals surface area contributed by atoms with Crippen molar-refractivity contribution in [2.24, 2.45) is 17.8 Å². The molecule has 0 bridgehead atoms. The van der Waals surface area contributed by atoms with Crippen LogP contribution in [0.5, 0.6) is 0 Å². The van der Waals surface area contributed by atoms with Crippen molar-refractivity contribution in [1.82, 2.24) is 5.06 Å². The molecule has 0 aromatic heterocycles. The quantitative estimate of drug-likeness (QED) is 0.208. The Morgan fingerprint density at radius 3 is 2.10 bits per heavy atom. The van der Waals surface area contributed by atoms with Gasteiger partial charge in [0.25, 0.3) is 0 Å². The molecule has 0 unspecified atom stereocenters. The van der Waals surface area contributed by atoms with Crippen LogP contribution in [0.4, 0.5) is 0 Å². The van der Waals surface area contributed by atoms with Gasteiger partial charge in [-0.2, -0.15) is 5.06 Å². The summed E-state index contributed by atoms with van der Waals surface area (Å²) in [6, 6.07) is 9.08. The number of benzene rings is 1. The van der Waals surface area contributed by atoms with Gasteiger partial charge < -0.3 is 9.47 Å². The lowest BCUT2D eigenvalue weighted by molar-refractivity contribution is -0.283. The molecular weight excluding hydrogens is 482 g/mol. The summed E-state index contributed by atoms with van der Waals surface area (Å²) < 4.78 is 12.6. The van der Waals surface area contributed by atoms with Crippen molar-refractivity contribution in [3.63, 3.8) is 0 Å². The molecule has 0 radical (unpaired) electrons. The SMILES string of the molecule is C=CCC/C=C/C1CCC(C2COC(c3ccc(C4CC(C)(C)N(OCCCC)C(C)(C)C4)cc3)OC2)CC1. The number of piperidine rings is 1. The molecule has 1 aromatic rings. The van der Waals surface area contributed by atoms with E-state index in [4.69, 9.17) is 14.3 Å². The van der Waals surface area contributed by atoms with E-state index >= 15 is 0 Å². The number of allylic oxidation sites excluding steroid dienone is 3. The van der Waals surface area contributed by atoms with Crippen LogP contribution in [0.1, 0.15) is 122 Å². The normalized spacial score (nSPS) is 30.0. The molecule has 3 fully saturated rings. The van der Waals surface area contributed by atoms with Crippen LogP contribution in [-0.4, -0.2) is 36.0 Å². The first-order chi connectivity index (χ1) is 18.7. The Morgan fingerprint density at radius 2 is 1.51 bits per heavy atom. The number of unbranched alkanes of at least 4 members (excludes halogenated alkanes) is 2. The summed E-state index contributed by atoms with van der Waals surface area (Å²) in [7, 11) is 0. The third kappa shape index (κ3) is 8.06. The van der Waals surface area contributed by atoms with E-state index in [0.29, 0.717) is 11.8 Å². The van der Waals surface area contributed by atoms with E-state index < -0.39 is 0 Å². The average molecular weight is 538 g/mol. The summed E-state index contributed by atoms with van der Waals surface area (Å²) in [4.78, 5) is 6.31. The van der Waals surface area contributed by atoms with Gasteiger partial charge in [-0.05, 0) is 109 Å². The second-order valence-corrected chi connectivity index (χ2v) is 13.6. The van der Waals surface area contributed by atoms with Gasteiger partial charge in [-0.1, -0.05) is 55.8 Å². The Morgan fingerprint density at radius 1 is 0.897 bits per heavy atom. The van der Waals surface area contributed by atoms with E-state index in [9.17, 15) is 0 Å². The van der Waals surface area contributed by atoms with E-state index in [1.54, 1.807) is 0 Å². The van der Waals surface area contributed by atoms with Gasteiger partial charge in [-0.3, -0.25) is 4.84 Å². The van der Waals surface area contributed by atoms with Crippen molar-refractivity contribution < 1.29 is 14.3 Å². The molecule has 2 saturated heterocycles. The molecule has 3 aliphatic rings. The molecule has 4 heteroatoms. The summed E-state index contributed by atoms with van der Waals surface area (Å²) in [5.74, 6) is 2.52. The fourth-order valence-electron chi connectivity index (χ4n) is 7.37. The molecule has 1 saturated carbocycles. The molecule has 0 N–H and O–H groups in total. The number of nitrogens with zero attached hydrogens (tertiary/aromatic N) is 1. The Balaban J connectivity index is 1.26. The van der Waals surface area contributed by atoms with E-state index in [1.165, 1.54) is 31.2 Å². The molecule has 1 aromatic carbocycles. The number of ether oxygens (including phenoxy) is 2. The Kier molecular flexibility index (Phi) is 10.9. The molecule has 2 aliphatic heterocycles. The van der Waals surface area contributed by atoms with E-state index in [0.717, 1.165) is 75.7 Å². The summed E-state index contributed by atoms with van der Waals surface area (Å²) in [6.07, 6.45) is 18.4.